The van der Waals surface area contributed by atoms with Crippen LogP contribution >= 0.6 is 0 Å². The fourth-order valence-corrected chi connectivity index (χ4v) is 1.68. The lowest BCUT2D eigenvalue weighted by atomic mass is 9.71. The second-order valence-corrected chi connectivity index (χ2v) is 3.60. The molecule has 4 nitrogen and oxygen atoms in total. The zero-order chi connectivity index (χ0) is 8.48. The van der Waals surface area contributed by atoms with Crippen molar-refractivity contribution in [3.8, 4) is 0 Å². The lowest BCUT2D eigenvalue weighted by molar-refractivity contribution is -0.111. The molecule has 0 aromatic heterocycles. The Labute approximate surface area is 66.6 Å². The molecule has 0 bridgehead atoms. The molecule has 0 aromatic carbocycles. The van der Waals surface area contributed by atoms with Crippen molar-refractivity contribution < 1.29 is 10.2 Å². The molecular weight excluding hydrogens is 144 g/mol. The average molecular weight is 160 g/mol. The van der Waals surface area contributed by atoms with Gasteiger partial charge in [0, 0.05) is 13.6 Å². The number of hydrogen-bond donors (Lipinski definition) is 3. The van der Waals surface area contributed by atoms with Crippen LogP contribution in [0, 0.1) is 5.92 Å². The van der Waals surface area contributed by atoms with Crippen LogP contribution < -0.4 is 5.84 Å². The molecule has 0 unspecified atom stereocenters. The van der Waals surface area contributed by atoms with Crippen molar-refractivity contribution in [1.29, 1.82) is 0 Å². The van der Waals surface area contributed by atoms with Gasteiger partial charge in [-0.2, -0.15) is 0 Å². The number of aliphatic hydroxyl groups is 2. The van der Waals surface area contributed by atoms with Gasteiger partial charge in [-0.15, -0.1) is 0 Å². The summed E-state index contributed by atoms with van der Waals surface area (Å²) in [5.74, 6) is 5.87. The first kappa shape index (κ1) is 8.93. The Hall–Kier alpha value is -0.160. The highest BCUT2D eigenvalue weighted by molar-refractivity contribution is 4.94. The Balaban J connectivity index is 2.18. The molecule has 0 aromatic rings. The normalized spacial score (nSPS) is 37.4. The van der Waals surface area contributed by atoms with Gasteiger partial charge in [0.05, 0.1) is 12.2 Å². The summed E-state index contributed by atoms with van der Waals surface area (Å²) in [7, 11) is 1.80. The minimum Gasteiger partial charge on any atom is -0.393 e. The topological polar surface area (TPSA) is 69.7 Å². The van der Waals surface area contributed by atoms with E-state index in [0.717, 1.165) is 6.54 Å². The van der Waals surface area contributed by atoms with Crippen molar-refractivity contribution in [2.24, 2.45) is 11.8 Å². The van der Waals surface area contributed by atoms with Crippen molar-refractivity contribution in [3.05, 3.63) is 0 Å². The number of nitrogens with two attached hydrogens (primary N) is 1. The third kappa shape index (κ3) is 2.13. The van der Waals surface area contributed by atoms with Gasteiger partial charge in [0.1, 0.15) is 0 Å². The number of rotatable bonds is 3. The zero-order valence-corrected chi connectivity index (χ0v) is 6.82. The quantitative estimate of drug-likeness (QED) is 0.363. The lowest BCUT2D eigenvalue weighted by Crippen LogP contribution is -2.50. The molecule has 0 heterocycles. The van der Waals surface area contributed by atoms with E-state index in [0.29, 0.717) is 18.8 Å². The van der Waals surface area contributed by atoms with E-state index >= 15 is 0 Å². The van der Waals surface area contributed by atoms with E-state index in [2.05, 4.69) is 0 Å². The number of hydrazine groups is 1. The molecule has 0 radical (unpaired) electrons. The maximum Gasteiger partial charge on any atom is 0.0883 e. The molecule has 0 aliphatic heterocycles. The Bertz CT molecular complexity index is 132. The van der Waals surface area contributed by atoms with Crippen LogP contribution in [-0.2, 0) is 0 Å². The van der Waals surface area contributed by atoms with E-state index in [9.17, 15) is 5.11 Å². The summed E-state index contributed by atoms with van der Waals surface area (Å²) >= 11 is 0. The summed E-state index contributed by atoms with van der Waals surface area (Å²) in [6.45, 7) is 0.667. The average Bonchev–Trinajstić information content (AvgIpc) is 1.83. The minimum absolute atomic E-state index is 0.127. The Morgan fingerprint density at radius 2 is 2.18 bits per heavy atom. The molecule has 1 saturated carbocycles. The molecule has 4 heteroatoms. The lowest BCUT2D eigenvalue weighted by Gasteiger charge is -2.43. The molecule has 1 rings (SSSR count). The Morgan fingerprint density at radius 3 is 2.55 bits per heavy atom. The van der Waals surface area contributed by atoms with Gasteiger partial charge >= 0.3 is 0 Å². The van der Waals surface area contributed by atoms with Crippen LogP contribution in [0.15, 0.2) is 0 Å². The van der Waals surface area contributed by atoms with Crippen LogP contribution in [0.5, 0.6) is 0 Å². The van der Waals surface area contributed by atoms with Gasteiger partial charge in [0.2, 0.25) is 0 Å². The fraction of sp³-hybridized carbons (Fsp3) is 1.00. The second-order valence-electron chi connectivity index (χ2n) is 3.60. The van der Waals surface area contributed by atoms with Gasteiger partial charge in [-0.1, -0.05) is 0 Å². The van der Waals surface area contributed by atoms with Gasteiger partial charge < -0.3 is 10.2 Å². The maximum absolute atomic E-state index is 9.39. The molecule has 1 fully saturated rings. The largest absolute Gasteiger partial charge is 0.393 e. The first-order chi connectivity index (χ1) is 5.06. The minimum atomic E-state index is -0.805. The molecule has 0 amide bonds. The summed E-state index contributed by atoms with van der Waals surface area (Å²) in [5, 5.41) is 19.7. The van der Waals surface area contributed by atoms with Crippen LogP contribution in [-0.4, -0.2) is 41.0 Å². The molecule has 0 atom stereocenters. The number of nitrogens with zero attached hydrogens (tertiary/aromatic N) is 1. The van der Waals surface area contributed by atoms with Crippen LogP contribution in [0.3, 0.4) is 0 Å². The second kappa shape index (κ2) is 3.06. The molecule has 0 spiro atoms. The zero-order valence-electron chi connectivity index (χ0n) is 6.82. The molecular formula is C7H16N2O2. The molecule has 0 saturated heterocycles. The van der Waals surface area contributed by atoms with Crippen molar-refractivity contribution in [2.45, 2.75) is 18.4 Å². The number of aliphatic hydroxyl groups excluding tert-OH is 1. The molecule has 4 N–H and O–H groups in total. The summed E-state index contributed by atoms with van der Waals surface area (Å²) in [4.78, 5) is 0. The standard InChI is InChI=1S/C7H16N2O2/c1-9(8)4-6-2-7(11,3-6)5-10/h6,10-11H,2-5,8H2,1H3. The van der Waals surface area contributed by atoms with E-state index in [-0.39, 0.29) is 6.61 Å². The van der Waals surface area contributed by atoms with E-state index < -0.39 is 5.60 Å². The molecule has 1 aliphatic carbocycles. The fourth-order valence-electron chi connectivity index (χ4n) is 1.68. The summed E-state index contributed by atoms with van der Waals surface area (Å²) in [5.41, 5.74) is -0.805. The molecule has 11 heavy (non-hydrogen) atoms. The van der Waals surface area contributed by atoms with Crippen molar-refractivity contribution in [3.63, 3.8) is 0 Å². The monoisotopic (exact) mass is 160 g/mol. The highest BCUT2D eigenvalue weighted by atomic mass is 16.3. The predicted molar refractivity (Wildman–Crippen MR) is 41.6 cm³/mol. The predicted octanol–water partition coefficient (Wildman–Crippen LogP) is -1.07. The third-order valence-corrected chi connectivity index (χ3v) is 2.18. The van der Waals surface area contributed by atoms with Gasteiger partial charge in [0.15, 0.2) is 0 Å². The van der Waals surface area contributed by atoms with Crippen molar-refractivity contribution in [2.75, 3.05) is 20.2 Å². The van der Waals surface area contributed by atoms with Crippen LogP contribution in [0.25, 0.3) is 0 Å². The summed E-state index contributed by atoms with van der Waals surface area (Å²) in [6.07, 6.45) is 1.34. The first-order valence-electron chi connectivity index (χ1n) is 3.85. The van der Waals surface area contributed by atoms with Gasteiger partial charge in [-0.3, -0.25) is 5.84 Å². The van der Waals surface area contributed by atoms with Crippen molar-refractivity contribution >= 4 is 0 Å². The van der Waals surface area contributed by atoms with Crippen LogP contribution in [0.2, 0.25) is 0 Å². The van der Waals surface area contributed by atoms with E-state index in [1.807, 2.05) is 0 Å². The summed E-state index contributed by atoms with van der Waals surface area (Å²) in [6, 6.07) is 0. The Morgan fingerprint density at radius 1 is 1.64 bits per heavy atom. The van der Waals surface area contributed by atoms with E-state index in [4.69, 9.17) is 10.9 Å². The van der Waals surface area contributed by atoms with Crippen LogP contribution in [0.4, 0.5) is 0 Å². The van der Waals surface area contributed by atoms with Gasteiger partial charge in [-0.05, 0) is 18.8 Å². The van der Waals surface area contributed by atoms with Gasteiger partial charge in [0.25, 0.3) is 0 Å². The molecule has 66 valence electrons. The summed E-state index contributed by atoms with van der Waals surface area (Å²) < 4.78 is 0. The number of hydrogen-bond acceptors (Lipinski definition) is 4. The van der Waals surface area contributed by atoms with E-state index in [1.54, 1.807) is 12.1 Å². The third-order valence-electron chi connectivity index (χ3n) is 2.18. The highest BCUT2D eigenvalue weighted by Gasteiger charge is 2.41. The highest BCUT2D eigenvalue weighted by Crippen LogP contribution is 2.37. The van der Waals surface area contributed by atoms with Crippen LogP contribution in [0.1, 0.15) is 12.8 Å². The van der Waals surface area contributed by atoms with Gasteiger partial charge in [-0.25, -0.2) is 5.01 Å². The molecule has 1 aliphatic rings. The first-order valence-corrected chi connectivity index (χ1v) is 3.85. The van der Waals surface area contributed by atoms with Crippen molar-refractivity contribution in [1.82, 2.24) is 5.01 Å². The Kier molecular flexibility index (Phi) is 2.49. The van der Waals surface area contributed by atoms with E-state index in [1.165, 1.54) is 0 Å². The SMILES string of the molecule is CN(N)CC1CC(O)(CO)C1. The smallest absolute Gasteiger partial charge is 0.0883 e. The maximum atomic E-state index is 9.39.